The van der Waals surface area contributed by atoms with Crippen molar-refractivity contribution in [2.45, 2.75) is 5.33 Å². The fourth-order valence-electron chi connectivity index (χ4n) is 0.990. The standard InChI is InChI=1S/C10H13BrOS/c1-13-7-6-12-10-5-3-2-4-9(10)8-11/h2-5H,6-8H2,1H3. The second-order valence-electron chi connectivity index (χ2n) is 2.58. The molecule has 0 aliphatic rings. The van der Waals surface area contributed by atoms with Crippen molar-refractivity contribution in [3.8, 4) is 5.75 Å². The monoisotopic (exact) mass is 260 g/mol. The lowest BCUT2D eigenvalue weighted by molar-refractivity contribution is 0.341. The van der Waals surface area contributed by atoms with Gasteiger partial charge in [-0.3, -0.25) is 0 Å². The summed E-state index contributed by atoms with van der Waals surface area (Å²) < 4.78 is 5.62. The van der Waals surface area contributed by atoms with E-state index in [0.29, 0.717) is 0 Å². The molecule has 0 saturated heterocycles. The van der Waals surface area contributed by atoms with E-state index >= 15 is 0 Å². The minimum atomic E-state index is 0.783. The molecule has 3 heteroatoms. The van der Waals surface area contributed by atoms with Gasteiger partial charge in [0.2, 0.25) is 0 Å². The highest BCUT2D eigenvalue weighted by molar-refractivity contribution is 9.08. The number of hydrogen-bond donors (Lipinski definition) is 0. The fourth-order valence-corrected chi connectivity index (χ4v) is 1.70. The number of rotatable bonds is 5. The minimum Gasteiger partial charge on any atom is -0.492 e. The Balaban J connectivity index is 2.54. The van der Waals surface area contributed by atoms with Crippen LogP contribution in [0.4, 0.5) is 0 Å². The predicted molar refractivity (Wildman–Crippen MR) is 63.0 cm³/mol. The van der Waals surface area contributed by atoms with Gasteiger partial charge in [-0.15, -0.1) is 0 Å². The maximum absolute atomic E-state index is 5.62. The smallest absolute Gasteiger partial charge is 0.123 e. The maximum atomic E-state index is 5.62. The lowest BCUT2D eigenvalue weighted by Crippen LogP contribution is -2.01. The predicted octanol–water partition coefficient (Wildman–Crippen LogP) is 3.32. The zero-order chi connectivity index (χ0) is 9.52. The Bertz CT molecular complexity index is 252. The van der Waals surface area contributed by atoms with Gasteiger partial charge < -0.3 is 4.74 Å². The second kappa shape index (κ2) is 6.33. The zero-order valence-electron chi connectivity index (χ0n) is 7.63. The molecular formula is C10H13BrOS. The van der Waals surface area contributed by atoms with Crippen LogP contribution in [-0.4, -0.2) is 18.6 Å². The molecule has 0 unspecified atom stereocenters. The summed E-state index contributed by atoms with van der Waals surface area (Å²) in [5.41, 5.74) is 1.21. The van der Waals surface area contributed by atoms with Crippen molar-refractivity contribution in [1.29, 1.82) is 0 Å². The Morgan fingerprint density at radius 3 is 2.85 bits per heavy atom. The van der Waals surface area contributed by atoms with Gasteiger partial charge in [0.15, 0.2) is 0 Å². The van der Waals surface area contributed by atoms with E-state index in [4.69, 9.17) is 4.74 Å². The van der Waals surface area contributed by atoms with Crippen LogP contribution in [0.2, 0.25) is 0 Å². The molecule has 0 aliphatic heterocycles. The molecule has 0 N–H and O–H groups in total. The van der Waals surface area contributed by atoms with E-state index in [1.54, 1.807) is 11.8 Å². The summed E-state index contributed by atoms with van der Waals surface area (Å²) in [7, 11) is 0. The van der Waals surface area contributed by atoms with Crippen molar-refractivity contribution in [3.63, 3.8) is 0 Å². The van der Waals surface area contributed by atoms with Gasteiger partial charge >= 0.3 is 0 Å². The Morgan fingerprint density at radius 2 is 2.15 bits per heavy atom. The van der Waals surface area contributed by atoms with Crippen molar-refractivity contribution in [1.82, 2.24) is 0 Å². The summed E-state index contributed by atoms with van der Waals surface area (Å²) in [5, 5.41) is 0.850. The normalized spacial score (nSPS) is 10.0. The first kappa shape index (κ1) is 10.9. The average molecular weight is 261 g/mol. The molecule has 0 atom stereocenters. The molecular weight excluding hydrogens is 248 g/mol. The molecule has 72 valence electrons. The largest absolute Gasteiger partial charge is 0.492 e. The van der Waals surface area contributed by atoms with E-state index < -0.39 is 0 Å². The van der Waals surface area contributed by atoms with E-state index in [2.05, 4.69) is 28.3 Å². The summed E-state index contributed by atoms with van der Waals surface area (Å²) in [6.45, 7) is 0.783. The molecule has 0 spiro atoms. The van der Waals surface area contributed by atoms with Crippen molar-refractivity contribution in [3.05, 3.63) is 29.8 Å². The van der Waals surface area contributed by atoms with E-state index in [1.807, 2.05) is 18.2 Å². The van der Waals surface area contributed by atoms with Gasteiger partial charge in [0.05, 0.1) is 6.61 Å². The van der Waals surface area contributed by atoms with Crippen molar-refractivity contribution < 1.29 is 4.74 Å². The van der Waals surface area contributed by atoms with Gasteiger partial charge in [0, 0.05) is 16.6 Å². The molecule has 0 bridgehead atoms. The third-order valence-corrected chi connectivity index (χ3v) is 2.84. The lowest BCUT2D eigenvalue weighted by atomic mass is 10.2. The molecule has 1 nitrogen and oxygen atoms in total. The van der Waals surface area contributed by atoms with Crippen LogP contribution in [0.25, 0.3) is 0 Å². The van der Waals surface area contributed by atoms with Crippen LogP contribution in [0.3, 0.4) is 0 Å². The Labute approximate surface area is 92.0 Å². The molecule has 1 rings (SSSR count). The van der Waals surface area contributed by atoms with Crippen LogP contribution in [0, 0.1) is 0 Å². The zero-order valence-corrected chi connectivity index (χ0v) is 10.0. The molecule has 1 aromatic rings. The third-order valence-electron chi connectivity index (χ3n) is 1.66. The maximum Gasteiger partial charge on any atom is 0.123 e. The summed E-state index contributed by atoms with van der Waals surface area (Å²) in [6.07, 6.45) is 2.08. The molecule has 0 radical (unpaired) electrons. The van der Waals surface area contributed by atoms with Crippen LogP contribution in [0.15, 0.2) is 24.3 Å². The lowest BCUT2D eigenvalue weighted by Gasteiger charge is -2.08. The van der Waals surface area contributed by atoms with Crippen LogP contribution in [0.5, 0.6) is 5.75 Å². The van der Waals surface area contributed by atoms with Crippen LogP contribution in [-0.2, 0) is 5.33 Å². The topological polar surface area (TPSA) is 9.23 Å². The summed E-state index contributed by atoms with van der Waals surface area (Å²) >= 11 is 5.23. The molecule has 1 aromatic carbocycles. The van der Waals surface area contributed by atoms with Gasteiger partial charge in [0.25, 0.3) is 0 Å². The first-order chi connectivity index (χ1) is 6.38. The van der Waals surface area contributed by atoms with Crippen molar-refractivity contribution >= 4 is 27.7 Å². The Hall–Kier alpha value is -0.150. The number of thioether (sulfide) groups is 1. The second-order valence-corrected chi connectivity index (χ2v) is 4.13. The van der Waals surface area contributed by atoms with Gasteiger partial charge in [-0.25, -0.2) is 0 Å². The quantitative estimate of drug-likeness (QED) is 0.594. The highest BCUT2D eigenvalue weighted by atomic mass is 79.9. The molecule has 0 aliphatic carbocycles. The van der Waals surface area contributed by atoms with Crippen LogP contribution < -0.4 is 4.74 Å². The highest BCUT2D eigenvalue weighted by Crippen LogP contribution is 2.20. The molecule has 0 aromatic heterocycles. The number of halogens is 1. The number of hydrogen-bond acceptors (Lipinski definition) is 2. The number of para-hydroxylation sites is 1. The van der Waals surface area contributed by atoms with Gasteiger partial charge in [-0.2, -0.15) is 11.8 Å². The molecule has 0 heterocycles. The molecule has 0 fully saturated rings. The van der Waals surface area contributed by atoms with E-state index in [9.17, 15) is 0 Å². The number of ether oxygens (including phenoxy) is 1. The first-order valence-electron chi connectivity index (χ1n) is 4.14. The third kappa shape index (κ3) is 3.61. The van der Waals surface area contributed by atoms with E-state index in [-0.39, 0.29) is 0 Å². The van der Waals surface area contributed by atoms with Gasteiger partial charge in [0.1, 0.15) is 5.75 Å². The number of alkyl halides is 1. The van der Waals surface area contributed by atoms with Gasteiger partial charge in [-0.1, -0.05) is 34.1 Å². The summed E-state index contributed by atoms with van der Waals surface area (Å²) in [4.78, 5) is 0. The van der Waals surface area contributed by atoms with Gasteiger partial charge in [-0.05, 0) is 12.3 Å². The SMILES string of the molecule is CSCCOc1ccccc1CBr. The van der Waals surface area contributed by atoms with Crippen molar-refractivity contribution in [2.24, 2.45) is 0 Å². The first-order valence-corrected chi connectivity index (χ1v) is 6.65. The van der Waals surface area contributed by atoms with Crippen molar-refractivity contribution in [2.75, 3.05) is 18.6 Å². The minimum absolute atomic E-state index is 0.783. The molecule has 13 heavy (non-hydrogen) atoms. The Morgan fingerprint density at radius 1 is 1.38 bits per heavy atom. The Kier molecular flexibility index (Phi) is 5.32. The van der Waals surface area contributed by atoms with E-state index in [1.165, 1.54) is 5.56 Å². The number of benzene rings is 1. The van der Waals surface area contributed by atoms with Crippen LogP contribution >= 0.6 is 27.7 Å². The van der Waals surface area contributed by atoms with Crippen LogP contribution in [0.1, 0.15) is 5.56 Å². The summed E-state index contributed by atoms with van der Waals surface area (Å²) in [5.74, 6) is 2.03. The highest BCUT2D eigenvalue weighted by Gasteiger charge is 1.99. The molecule has 0 amide bonds. The fraction of sp³-hybridized carbons (Fsp3) is 0.400. The van der Waals surface area contributed by atoms with E-state index in [0.717, 1.165) is 23.4 Å². The molecule has 0 saturated carbocycles. The average Bonchev–Trinajstić information content (AvgIpc) is 2.19. The summed E-state index contributed by atoms with van der Waals surface area (Å²) in [6, 6.07) is 8.11.